The third-order valence-corrected chi connectivity index (χ3v) is 7.46. The summed E-state index contributed by atoms with van der Waals surface area (Å²) in [4.78, 5) is 37.7. The van der Waals surface area contributed by atoms with E-state index in [1.165, 1.54) is 21.6 Å². The molecule has 0 fully saturated rings. The summed E-state index contributed by atoms with van der Waals surface area (Å²) >= 11 is 0. The van der Waals surface area contributed by atoms with Crippen molar-refractivity contribution in [3.63, 3.8) is 0 Å². The topological polar surface area (TPSA) is 139 Å². The molecule has 234 valence electrons. The van der Waals surface area contributed by atoms with Crippen molar-refractivity contribution in [2.45, 2.75) is 71.0 Å². The van der Waals surface area contributed by atoms with Crippen LogP contribution in [0.5, 0.6) is 0 Å². The summed E-state index contributed by atoms with van der Waals surface area (Å²) in [6.07, 6.45) is 4.22. The normalized spacial score (nSPS) is 12.6. The number of aliphatic carboxylic acids is 2. The van der Waals surface area contributed by atoms with Crippen LogP contribution in [0.15, 0.2) is 53.1 Å². The highest BCUT2D eigenvalue weighted by atomic mass is 16.6. The number of carbonyl (C=O) groups excluding carboxylic acids is 1. The van der Waals surface area contributed by atoms with Gasteiger partial charge in [0.25, 0.3) is 5.91 Å². The molecule has 43 heavy (non-hydrogen) atoms. The van der Waals surface area contributed by atoms with Crippen molar-refractivity contribution in [2.75, 3.05) is 38.7 Å². The summed E-state index contributed by atoms with van der Waals surface area (Å²) in [7, 11) is 1.59. The molecule has 0 spiro atoms. The summed E-state index contributed by atoms with van der Waals surface area (Å²) in [5, 5.41) is 23.1. The zero-order valence-electron chi connectivity index (χ0n) is 25.3. The molecule has 0 saturated heterocycles. The lowest BCUT2D eigenvalue weighted by Crippen LogP contribution is -2.50. The van der Waals surface area contributed by atoms with Crippen LogP contribution in [0.2, 0.25) is 0 Å². The summed E-state index contributed by atoms with van der Waals surface area (Å²) in [5.41, 5.74) is 5.57. The minimum atomic E-state index is -1.72. The van der Waals surface area contributed by atoms with Crippen molar-refractivity contribution in [2.24, 2.45) is 0 Å². The van der Waals surface area contributed by atoms with Gasteiger partial charge in [-0.1, -0.05) is 24.6 Å². The number of nitrogens with zero attached hydrogens (tertiary/aromatic N) is 1. The van der Waals surface area contributed by atoms with Gasteiger partial charge in [-0.2, -0.15) is 0 Å². The molecule has 10 nitrogen and oxygen atoms in total. The molecule has 2 unspecified atom stereocenters. The van der Waals surface area contributed by atoms with Crippen LogP contribution in [-0.2, 0) is 30.3 Å². The highest BCUT2D eigenvalue weighted by Crippen LogP contribution is 2.20. The minimum Gasteiger partial charge on any atom is -0.480 e. The van der Waals surface area contributed by atoms with Gasteiger partial charge in [0.05, 0.1) is 6.26 Å². The Labute approximate surface area is 253 Å². The second kappa shape index (κ2) is 17.3. The van der Waals surface area contributed by atoms with Crippen LogP contribution >= 0.6 is 0 Å². The van der Waals surface area contributed by atoms with Crippen LogP contribution in [-0.4, -0.2) is 78.5 Å². The third kappa shape index (κ3) is 11.0. The van der Waals surface area contributed by atoms with Crippen molar-refractivity contribution < 1.29 is 38.5 Å². The van der Waals surface area contributed by atoms with Gasteiger partial charge < -0.3 is 34.3 Å². The fraction of sp³-hybridized carbons (Fsp3) is 0.485. The van der Waals surface area contributed by atoms with Crippen LogP contribution in [0.4, 0.5) is 5.69 Å². The van der Waals surface area contributed by atoms with Crippen LogP contribution in [0.25, 0.3) is 11.0 Å². The Balaban J connectivity index is 1.44. The number of ether oxygens (including phenoxy) is 2. The van der Waals surface area contributed by atoms with Crippen molar-refractivity contribution in [3.8, 4) is 0 Å². The van der Waals surface area contributed by atoms with Crippen molar-refractivity contribution >= 4 is 34.5 Å². The highest BCUT2D eigenvalue weighted by Gasteiger charge is 2.37. The minimum absolute atomic E-state index is 0.160. The monoisotopic (exact) mass is 596 g/mol. The molecule has 3 N–H and O–H groups in total. The maximum Gasteiger partial charge on any atom is 0.336 e. The standard InChI is InChI=1S/C33H44N2O8/c1-23-11-12-25(20-24(23)2)10-6-4-9-18-42-30(31(33(39)40)43-22-29(36)37)32(38)35(3)17-8-5-7-16-34-27-14-13-26-15-19-41-28(26)21-27/h11-15,19-21,30-31,34H,4-10,16-18,22H2,1-3H3,(H,36,37)(H,39,40). The van der Waals surface area contributed by atoms with Crippen molar-refractivity contribution in [1.82, 2.24) is 4.90 Å². The molecule has 0 aliphatic rings. The summed E-state index contributed by atoms with van der Waals surface area (Å²) in [5.74, 6) is -3.31. The van der Waals surface area contributed by atoms with E-state index in [4.69, 9.17) is 19.0 Å². The molecule has 0 saturated carbocycles. The van der Waals surface area contributed by atoms with Gasteiger partial charge in [-0.15, -0.1) is 0 Å². The van der Waals surface area contributed by atoms with Gasteiger partial charge in [-0.3, -0.25) is 4.79 Å². The van der Waals surface area contributed by atoms with E-state index >= 15 is 0 Å². The fourth-order valence-corrected chi connectivity index (χ4v) is 4.79. The lowest BCUT2D eigenvalue weighted by Gasteiger charge is -2.27. The highest BCUT2D eigenvalue weighted by molar-refractivity contribution is 5.88. The number of rotatable bonds is 20. The molecule has 1 heterocycles. The number of carboxylic acid groups (broad SMARTS) is 2. The zero-order valence-corrected chi connectivity index (χ0v) is 25.3. The number of hydrogen-bond donors (Lipinski definition) is 3. The van der Waals surface area contributed by atoms with Gasteiger partial charge in [-0.25, -0.2) is 9.59 Å². The molecule has 0 aliphatic heterocycles. The van der Waals surface area contributed by atoms with Gasteiger partial charge in [-0.05, 0) is 87.3 Å². The number of carbonyl (C=O) groups is 3. The zero-order chi connectivity index (χ0) is 31.2. The van der Waals surface area contributed by atoms with Gasteiger partial charge in [0, 0.05) is 43.9 Å². The van der Waals surface area contributed by atoms with E-state index in [1.807, 2.05) is 24.3 Å². The van der Waals surface area contributed by atoms with Gasteiger partial charge in [0.1, 0.15) is 12.2 Å². The maximum absolute atomic E-state index is 13.3. The Morgan fingerprint density at radius 3 is 2.42 bits per heavy atom. The number of benzene rings is 2. The molecular weight excluding hydrogens is 552 g/mol. The molecule has 3 aromatic rings. The Hall–Kier alpha value is -3.89. The number of anilines is 1. The number of hydrogen-bond acceptors (Lipinski definition) is 7. The Morgan fingerprint density at radius 1 is 0.884 bits per heavy atom. The van der Waals surface area contributed by atoms with Gasteiger partial charge in [0.15, 0.2) is 12.2 Å². The maximum atomic E-state index is 13.3. The number of fused-ring (bicyclic) bond motifs is 1. The molecule has 0 aliphatic carbocycles. The number of unbranched alkanes of at least 4 members (excludes halogenated alkanes) is 4. The first kappa shape index (κ1) is 33.6. The molecule has 1 amide bonds. The first-order valence-corrected chi connectivity index (χ1v) is 14.9. The molecule has 2 atom stereocenters. The summed E-state index contributed by atoms with van der Waals surface area (Å²) < 4.78 is 16.3. The van der Waals surface area contributed by atoms with E-state index in [0.717, 1.165) is 55.3 Å². The average Bonchev–Trinajstić information content (AvgIpc) is 3.44. The molecule has 0 radical (unpaired) electrons. The second-order valence-electron chi connectivity index (χ2n) is 10.9. The predicted molar refractivity (Wildman–Crippen MR) is 164 cm³/mol. The first-order valence-electron chi connectivity index (χ1n) is 14.9. The lowest BCUT2D eigenvalue weighted by atomic mass is 10.0. The molecule has 1 aromatic heterocycles. The van der Waals surface area contributed by atoms with E-state index < -0.39 is 36.7 Å². The number of furan rings is 1. The molecule has 3 rings (SSSR count). The number of nitrogens with one attached hydrogen (secondary N) is 1. The number of amides is 1. The van der Waals surface area contributed by atoms with Crippen LogP contribution in [0.3, 0.4) is 0 Å². The van der Waals surface area contributed by atoms with E-state index in [-0.39, 0.29) is 6.61 Å². The largest absolute Gasteiger partial charge is 0.480 e. The lowest BCUT2D eigenvalue weighted by molar-refractivity contribution is -0.175. The van der Waals surface area contributed by atoms with Crippen LogP contribution < -0.4 is 5.32 Å². The third-order valence-electron chi connectivity index (χ3n) is 7.46. The fourth-order valence-electron chi connectivity index (χ4n) is 4.79. The summed E-state index contributed by atoms with van der Waals surface area (Å²) in [6.45, 7) is 4.64. The smallest absolute Gasteiger partial charge is 0.336 e. The van der Waals surface area contributed by atoms with E-state index in [0.29, 0.717) is 19.4 Å². The van der Waals surface area contributed by atoms with E-state index in [1.54, 1.807) is 13.3 Å². The quantitative estimate of drug-likeness (QED) is 0.146. The molecule has 0 bridgehead atoms. The van der Waals surface area contributed by atoms with E-state index in [2.05, 4.69) is 37.4 Å². The van der Waals surface area contributed by atoms with E-state index in [9.17, 15) is 19.5 Å². The second-order valence-corrected chi connectivity index (χ2v) is 10.9. The first-order chi connectivity index (χ1) is 20.7. The Kier molecular flexibility index (Phi) is 13.5. The average molecular weight is 597 g/mol. The van der Waals surface area contributed by atoms with Crippen molar-refractivity contribution in [1.29, 1.82) is 0 Å². The Morgan fingerprint density at radius 2 is 1.67 bits per heavy atom. The number of carboxylic acids is 2. The van der Waals surface area contributed by atoms with Crippen LogP contribution in [0.1, 0.15) is 55.2 Å². The number of aryl methyl sites for hydroxylation is 3. The SMILES string of the molecule is Cc1ccc(CCCCCOC(C(=O)N(C)CCCCCNc2ccc3ccoc3c2)C(OCC(=O)O)C(=O)O)cc1C. The summed E-state index contributed by atoms with van der Waals surface area (Å²) in [6, 6.07) is 14.3. The van der Waals surface area contributed by atoms with Crippen molar-refractivity contribution in [3.05, 3.63) is 65.4 Å². The van der Waals surface area contributed by atoms with Gasteiger partial charge >= 0.3 is 11.9 Å². The molecule has 2 aromatic carbocycles. The predicted octanol–water partition coefficient (Wildman–Crippen LogP) is 5.44. The van der Waals surface area contributed by atoms with Gasteiger partial charge in [0.2, 0.25) is 0 Å². The van der Waals surface area contributed by atoms with Crippen LogP contribution in [0, 0.1) is 13.8 Å². The molecule has 10 heteroatoms. The Bertz CT molecular complexity index is 1340. The number of likely N-dealkylation sites (N-methyl/N-ethyl adjacent to an activating group) is 1. The molecular formula is C33H44N2O8.